The molecule has 0 aliphatic carbocycles. The number of fused-ring (bicyclic) bond motifs is 9. The van der Waals surface area contributed by atoms with Gasteiger partial charge in [-0.25, -0.2) is 9.59 Å². The highest BCUT2D eigenvalue weighted by Gasteiger charge is 2.34. The number of hydrogen-bond acceptors (Lipinski definition) is 9. The Balaban J connectivity index is 1.83. The molecule has 0 aromatic heterocycles. The molecule has 0 spiro atoms. The summed E-state index contributed by atoms with van der Waals surface area (Å²) in [6.45, 7) is 11.7. The highest BCUT2D eigenvalue weighted by Crippen LogP contribution is 2.42. The molecule has 0 saturated heterocycles. The van der Waals surface area contributed by atoms with E-state index in [9.17, 15) is 24.3 Å². The van der Waals surface area contributed by atoms with Crippen LogP contribution in [-0.4, -0.2) is 62.4 Å². The third-order valence-corrected chi connectivity index (χ3v) is 9.20. The molecule has 4 bridgehead atoms. The van der Waals surface area contributed by atoms with Crippen molar-refractivity contribution in [1.82, 2.24) is 16.0 Å². The van der Waals surface area contributed by atoms with Gasteiger partial charge in [-0.15, -0.1) is 0 Å². The fourth-order valence-corrected chi connectivity index (χ4v) is 5.72. The number of methoxy groups -OCH3 is 1. The van der Waals surface area contributed by atoms with E-state index in [4.69, 9.17) is 18.9 Å². The van der Waals surface area contributed by atoms with Gasteiger partial charge in [0, 0.05) is 14.5 Å². The average molecular weight is 692 g/mol. The Labute approximate surface area is 287 Å². The zero-order valence-electron chi connectivity index (χ0n) is 28.9. The molecule has 13 heteroatoms. The van der Waals surface area contributed by atoms with Gasteiger partial charge < -0.3 is 40.0 Å². The Morgan fingerprint density at radius 2 is 1.63 bits per heavy atom. The maximum atomic E-state index is 14.2. The molecular formula is C36H45N3O9Si. The summed E-state index contributed by atoms with van der Waals surface area (Å²) in [6, 6.07) is 14.8. The second-order valence-electron chi connectivity index (χ2n) is 14.0. The first-order valence-corrected chi connectivity index (χ1v) is 19.7. The van der Waals surface area contributed by atoms with E-state index in [1.54, 1.807) is 75.4 Å². The summed E-state index contributed by atoms with van der Waals surface area (Å²) in [6.07, 6.45) is -0.769. The van der Waals surface area contributed by atoms with Gasteiger partial charge in [-0.3, -0.25) is 9.59 Å². The van der Waals surface area contributed by atoms with E-state index in [0.29, 0.717) is 22.9 Å². The summed E-state index contributed by atoms with van der Waals surface area (Å²) in [7, 11) is -0.216. The number of aromatic hydroxyl groups is 1. The lowest BCUT2D eigenvalue weighted by molar-refractivity contribution is -0.148. The van der Waals surface area contributed by atoms with Crippen LogP contribution in [0, 0.1) is 0 Å². The molecule has 3 amide bonds. The Kier molecular flexibility index (Phi) is 11.6. The number of phenols is 1. The molecule has 262 valence electrons. The fraction of sp³-hybridized carbons (Fsp3) is 0.389. The summed E-state index contributed by atoms with van der Waals surface area (Å²) >= 11 is 0. The molecule has 0 radical (unpaired) electrons. The van der Waals surface area contributed by atoms with Gasteiger partial charge in [0.15, 0.2) is 17.5 Å². The van der Waals surface area contributed by atoms with Crippen molar-refractivity contribution < 1.29 is 43.2 Å². The summed E-state index contributed by atoms with van der Waals surface area (Å²) < 4.78 is 22.6. The quantitative estimate of drug-likeness (QED) is 0.184. The number of carbonyl (C=O) groups excluding carboxylic acids is 4. The third kappa shape index (κ3) is 10.5. The van der Waals surface area contributed by atoms with Crippen LogP contribution in [0.2, 0.25) is 25.7 Å². The molecule has 12 nitrogen and oxygen atoms in total. The molecule has 49 heavy (non-hydrogen) atoms. The average Bonchev–Trinajstić information content (AvgIpc) is 3.01. The van der Waals surface area contributed by atoms with Gasteiger partial charge in [-0.2, -0.15) is 0 Å². The minimum atomic E-state index is -1.58. The predicted octanol–water partition coefficient (Wildman–Crippen LogP) is 5.54. The Morgan fingerprint density at radius 3 is 2.24 bits per heavy atom. The molecule has 2 heterocycles. The van der Waals surface area contributed by atoms with Crippen molar-refractivity contribution in [3.8, 4) is 23.0 Å². The Morgan fingerprint density at radius 1 is 0.959 bits per heavy atom. The van der Waals surface area contributed by atoms with E-state index >= 15 is 0 Å². The maximum absolute atomic E-state index is 14.2. The van der Waals surface area contributed by atoms with E-state index < -0.39 is 55.7 Å². The monoisotopic (exact) mass is 691 g/mol. The molecule has 4 N–H and O–H groups in total. The van der Waals surface area contributed by atoms with Gasteiger partial charge in [-0.05, 0) is 67.8 Å². The number of alkyl carbamates (subject to hydrolysis) is 1. The second-order valence-corrected chi connectivity index (χ2v) is 19.6. The normalized spacial score (nSPS) is 18.4. The first-order chi connectivity index (χ1) is 23.0. The number of hydrogen-bond donors (Lipinski definition) is 4. The second kappa shape index (κ2) is 15.5. The standard InChI is InChI=1S/C36H45N3O9Si/c1-36(2,3)48-35(44)37-26-19-22-13-15-25(16-14-22)47-28-21-24(20-27(40)31(28)45-4)30(34(43)46-17-18-49(5,6)7)39-33(42)29(38-32(26)41)23-11-9-8-10-12-23/h8-16,20-21,26,29-30,40H,17-19H2,1-7H3,(H,37,44)(H,38,41)(H,39,42)/t26-,29-,30-/m1/s1. The minimum Gasteiger partial charge on any atom is -0.504 e. The van der Waals surface area contributed by atoms with Crippen LogP contribution in [0.4, 0.5) is 4.79 Å². The fourth-order valence-electron chi connectivity index (χ4n) is 5.00. The number of amides is 3. The van der Waals surface area contributed by atoms with Crippen molar-refractivity contribution in [3.05, 3.63) is 83.4 Å². The number of ether oxygens (including phenoxy) is 4. The van der Waals surface area contributed by atoms with Gasteiger partial charge >= 0.3 is 12.1 Å². The van der Waals surface area contributed by atoms with E-state index in [0.717, 1.165) is 0 Å². The van der Waals surface area contributed by atoms with Crippen molar-refractivity contribution in [1.29, 1.82) is 0 Å². The van der Waals surface area contributed by atoms with Crippen LogP contribution in [0.15, 0.2) is 66.7 Å². The van der Waals surface area contributed by atoms with Crippen LogP contribution in [-0.2, 0) is 30.3 Å². The lowest BCUT2D eigenvalue weighted by Gasteiger charge is -2.27. The van der Waals surface area contributed by atoms with Crippen molar-refractivity contribution in [2.24, 2.45) is 0 Å². The molecule has 2 aliphatic heterocycles. The van der Waals surface area contributed by atoms with Crippen LogP contribution in [0.25, 0.3) is 0 Å². The minimum absolute atomic E-state index is 0.0159. The molecule has 3 atom stereocenters. The molecule has 0 saturated carbocycles. The van der Waals surface area contributed by atoms with Gasteiger partial charge in [0.25, 0.3) is 0 Å². The van der Waals surface area contributed by atoms with E-state index in [-0.39, 0.29) is 35.8 Å². The summed E-state index contributed by atoms with van der Waals surface area (Å²) in [5, 5.41) is 19.1. The number of nitrogens with one attached hydrogen (secondary N) is 3. The third-order valence-electron chi connectivity index (χ3n) is 7.49. The van der Waals surface area contributed by atoms with Crippen LogP contribution in [0.5, 0.6) is 23.0 Å². The highest BCUT2D eigenvalue weighted by molar-refractivity contribution is 6.76. The smallest absolute Gasteiger partial charge is 0.408 e. The van der Waals surface area contributed by atoms with Crippen LogP contribution in [0.3, 0.4) is 0 Å². The molecule has 0 unspecified atom stereocenters. The summed E-state index contributed by atoms with van der Waals surface area (Å²) in [5.74, 6) is -2.04. The molecular weight excluding hydrogens is 646 g/mol. The summed E-state index contributed by atoms with van der Waals surface area (Å²) in [5.41, 5.74) is 0.420. The van der Waals surface area contributed by atoms with Crippen LogP contribution >= 0.6 is 0 Å². The molecule has 5 rings (SSSR count). The zero-order valence-corrected chi connectivity index (χ0v) is 29.9. The highest BCUT2D eigenvalue weighted by atomic mass is 28.3. The predicted molar refractivity (Wildman–Crippen MR) is 185 cm³/mol. The van der Waals surface area contributed by atoms with Gasteiger partial charge in [0.2, 0.25) is 17.6 Å². The van der Waals surface area contributed by atoms with E-state index in [1.807, 2.05) is 0 Å². The van der Waals surface area contributed by atoms with Crippen molar-refractivity contribution in [2.75, 3.05) is 13.7 Å². The lowest BCUT2D eigenvalue weighted by atomic mass is 10.0. The van der Waals surface area contributed by atoms with Gasteiger partial charge in [0.05, 0.1) is 13.7 Å². The summed E-state index contributed by atoms with van der Waals surface area (Å²) in [4.78, 5) is 54.7. The zero-order chi connectivity index (χ0) is 35.9. The van der Waals surface area contributed by atoms with Crippen molar-refractivity contribution in [2.45, 2.75) is 76.6 Å². The van der Waals surface area contributed by atoms with E-state index in [1.165, 1.54) is 19.2 Å². The van der Waals surface area contributed by atoms with Crippen molar-refractivity contribution in [3.63, 3.8) is 0 Å². The van der Waals surface area contributed by atoms with Gasteiger partial charge in [-0.1, -0.05) is 62.1 Å². The first-order valence-electron chi connectivity index (χ1n) is 16.0. The lowest BCUT2D eigenvalue weighted by Crippen LogP contribution is -2.52. The topological polar surface area (TPSA) is 162 Å². The SMILES string of the molecule is COc1c(O)cc2cc1Oc1ccc(cc1)C[C@@H](NC(=O)OC(C)(C)C)C(=O)N[C@H](c1ccccc1)C(=O)N[C@H]2C(=O)OCC[Si](C)(C)C. The number of phenolic OH excluding ortho intramolecular Hbond substituents is 1. The number of benzene rings is 3. The van der Waals surface area contributed by atoms with Gasteiger partial charge in [0.1, 0.15) is 23.4 Å². The van der Waals surface area contributed by atoms with Crippen molar-refractivity contribution >= 4 is 32.0 Å². The molecule has 3 aromatic carbocycles. The number of carbonyl (C=O) groups is 4. The number of rotatable bonds is 7. The van der Waals surface area contributed by atoms with Crippen LogP contribution < -0.4 is 25.4 Å². The molecule has 0 fully saturated rings. The molecule has 3 aromatic rings. The number of esters is 1. The largest absolute Gasteiger partial charge is 0.504 e. The van der Waals surface area contributed by atoms with E-state index in [2.05, 4.69) is 35.6 Å². The Bertz CT molecular complexity index is 1650. The van der Waals surface area contributed by atoms with Crippen LogP contribution in [0.1, 0.15) is 49.5 Å². The first kappa shape index (κ1) is 36.8. The Hall–Kier alpha value is -5.04. The maximum Gasteiger partial charge on any atom is 0.408 e. The molecule has 2 aliphatic rings.